The number of aromatic nitrogens is 2. The molecule has 120 valence electrons. The molecule has 0 amide bonds. The lowest BCUT2D eigenvalue weighted by molar-refractivity contribution is 0.456. The van der Waals surface area contributed by atoms with Crippen LogP contribution in [0.25, 0.3) is 0 Å². The Bertz CT molecular complexity index is 850. The number of fused-ring (bicyclic) bond motifs is 1. The fourth-order valence-corrected chi connectivity index (χ4v) is 4.58. The molecule has 1 saturated carbocycles. The Labute approximate surface area is 135 Å². The number of hydrogen-bond acceptors (Lipinski definition) is 4. The van der Waals surface area contributed by atoms with E-state index in [1.54, 1.807) is 24.3 Å². The molecule has 0 spiro atoms. The van der Waals surface area contributed by atoms with Gasteiger partial charge in [-0.05, 0) is 31.0 Å². The Hall–Kier alpha value is -2.15. The monoisotopic (exact) mass is 330 g/mol. The molecule has 2 heterocycles. The first-order chi connectivity index (χ1) is 11.1. The Morgan fingerprint density at radius 3 is 2.74 bits per heavy atom. The van der Waals surface area contributed by atoms with Crippen LogP contribution in [0.4, 0.5) is 5.69 Å². The number of sulfonamides is 1. The molecule has 2 aromatic rings. The van der Waals surface area contributed by atoms with Crippen molar-refractivity contribution in [2.45, 2.75) is 43.2 Å². The molecule has 1 aliphatic heterocycles. The van der Waals surface area contributed by atoms with E-state index in [4.69, 9.17) is 0 Å². The molecule has 1 aromatic heterocycles. The van der Waals surface area contributed by atoms with E-state index < -0.39 is 10.0 Å². The Balaban J connectivity index is 1.58. The van der Waals surface area contributed by atoms with E-state index in [2.05, 4.69) is 10.1 Å². The second kappa shape index (κ2) is 5.49. The predicted octanol–water partition coefficient (Wildman–Crippen LogP) is 2.86. The zero-order chi connectivity index (χ0) is 15.9. The van der Waals surface area contributed by atoms with Crippen LogP contribution in [-0.2, 0) is 16.6 Å². The van der Waals surface area contributed by atoms with Crippen LogP contribution in [0, 0.1) is 0 Å². The molecule has 0 bridgehead atoms. The van der Waals surface area contributed by atoms with Gasteiger partial charge in [-0.15, -0.1) is 0 Å². The molecular formula is C16H18N4O2S. The minimum atomic E-state index is -3.56. The SMILES string of the molecule is O=S1(=O)c2ccccc2N=CN1Cc1ccn(C2CCCC2)n1. The lowest BCUT2D eigenvalue weighted by atomic mass is 10.3. The molecule has 0 unspecified atom stereocenters. The lowest BCUT2D eigenvalue weighted by Crippen LogP contribution is -2.31. The summed E-state index contributed by atoms with van der Waals surface area (Å²) in [6.45, 7) is 0.208. The van der Waals surface area contributed by atoms with Crippen LogP contribution in [0.5, 0.6) is 0 Å². The van der Waals surface area contributed by atoms with E-state index in [0.29, 0.717) is 11.7 Å². The number of rotatable bonds is 3. The van der Waals surface area contributed by atoms with Crippen LogP contribution in [-0.4, -0.2) is 28.8 Å². The number of para-hydroxylation sites is 1. The van der Waals surface area contributed by atoms with E-state index in [9.17, 15) is 8.42 Å². The van der Waals surface area contributed by atoms with Crippen LogP contribution in [0.15, 0.2) is 46.4 Å². The average Bonchev–Trinajstić information content (AvgIpc) is 3.21. The molecule has 1 fully saturated rings. The molecule has 0 radical (unpaired) electrons. The first-order valence-corrected chi connectivity index (χ1v) is 9.28. The van der Waals surface area contributed by atoms with Crippen LogP contribution < -0.4 is 0 Å². The molecule has 0 saturated heterocycles. The van der Waals surface area contributed by atoms with Gasteiger partial charge in [0, 0.05) is 6.20 Å². The summed E-state index contributed by atoms with van der Waals surface area (Å²) < 4.78 is 28.6. The zero-order valence-corrected chi connectivity index (χ0v) is 13.5. The molecular weight excluding hydrogens is 312 g/mol. The number of hydrogen-bond donors (Lipinski definition) is 0. The fraction of sp³-hybridized carbons (Fsp3) is 0.375. The maximum absolute atomic E-state index is 12.7. The number of aliphatic imine (C=N–C) groups is 1. The highest BCUT2D eigenvalue weighted by Gasteiger charge is 2.29. The molecule has 1 aromatic carbocycles. The van der Waals surface area contributed by atoms with Crippen molar-refractivity contribution >= 4 is 22.0 Å². The molecule has 6 nitrogen and oxygen atoms in total. The van der Waals surface area contributed by atoms with E-state index in [0.717, 1.165) is 18.5 Å². The summed E-state index contributed by atoms with van der Waals surface area (Å²) >= 11 is 0. The van der Waals surface area contributed by atoms with Crippen LogP contribution in [0.2, 0.25) is 0 Å². The molecule has 7 heteroatoms. The van der Waals surface area contributed by atoms with Crippen molar-refractivity contribution in [3.8, 4) is 0 Å². The molecule has 0 N–H and O–H groups in total. The standard InChI is InChI=1S/C16H18N4O2S/c21-23(22)16-8-4-3-7-15(16)17-12-19(23)11-13-9-10-20(18-13)14-5-1-2-6-14/h3-4,7-10,12,14H,1-2,5-6,11H2. The lowest BCUT2D eigenvalue weighted by Gasteiger charge is -2.23. The summed E-state index contributed by atoms with van der Waals surface area (Å²) in [4.78, 5) is 4.49. The largest absolute Gasteiger partial charge is 0.269 e. The van der Waals surface area contributed by atoms with Crippen molar-refractivity contribution in [2.75, 3.05) is 0 Å². The van der Waals surface area contributed by atoms with Crippen molar-refractivity contribution in [1.82, 2.24) is 14.1 Å². The second-order valence-electron chi connectivity index (χ2n) is 5.99. The molecule has 1 aliphatic carbocycles. The number of benzene rings is 1. The Morgan fingerprint density at radius 2 is 1.91 bits per heavy atom. The summed E-state index contributed by atoms with van der Waals surface area (Å²) in [5, 5.41) is 4.56. The Morgan fingerprint density at radius 1 is 1.13 bits per heavy atom. The van der Waals surface area contributed by atoms with Gasteiger partial charge in [-0.1, -0.05) is 25.0 Å². The smallest absolute Gasteiger partial charge is 0.267 e. The van der Waals surface area contributed by atoms with E-state index in [1.807, 2.05) is 16.9 Å². The van der Waals surface area contributed by atoms with E-state index in [1.165, 1.54) is 23.5 Å². The third-order valence-corrected chi connectivity index (χ3v) is 6.20. The molecule has 4 rings (SSSR count). The van der Waals surface area contributed by atoms with E-state index >= 15 is 0 Å². The summed E-state index contributed by atoms with van der Waals surface area (Å²) in [7, 11) is -3.56. The van der Waals surface area contributed by atoms with Crippen LogP contribution >= 0.6 is 0 Å². The fourth-order valence-electron chi connectivity index (χ4n) is 3.22. The Kier molecular flexibility index (Phi) is 3.45. The van der Waals surface area contributed by atoms with E-state index in [-0.39, 0.29) is 11.4 Å². The predicted molar refractivity (Wildman–Crippen MR) is 87.1 cm³/mol. The van der Waals surface area contributed by atoms with Crippen molar-refractivity contribution in [1.29, 1.82) is 0 Å². The van der Waals surface area contributed by atoms with Crippen molar-refractivity contribution < 1.29 is 8.42 Å². The van der Waals surface area contributed by atoms with Gasteiger partial charge < -0.3 is 0 Å². The highest BCUT2D eigenvalue weighted by molar-refractivity contribution is 7.89. The highest BCUT2D eigenvalue weighted by atomic mass is 32.2. The molecule has 0 atom stereocenters. The summed E-state index contributed by atoms with van der Waals surface area (Å²) in [5.74, 6) is 0. The quantitative estimate of drug-likeness (QED) is 0.869. The maximum Gasteiger partial charge on any atom is 0.267 e. The summed E-state index contributed by atoms with van der Waals surface area (Å²) in [6, 6.07) is 9.13. The van der Waals surface area contributed by atoms with Gasteiger partial charge in [0.05, 0.1) is 24.0 Å². The molecule has 23 heavy (non-hydrogen) atoms. The summed E-state index contributed by atoms with van der Waals surface area (Å²) in [5.41, 5.74) is 1.23. The highest BCUT2D eigenvalue weighted by Crippen LogP contribution is 2.31. The minimum Gasteiger partial charge on any atom is -0.269 e. The van der Waals surface area contributed by atoms with Gasteiger partial charge >= 0.3 is 0 Å². The average molecular weight is 330 g/mol. The van der Waals surface area contributed by atoms with Gasteiger partial charge in [0.15, 0.2) is 0 Å². The van der Waals surface area contributed by atoms with Gasteiger partial charge in [0.2, 0.25) is 0 Å². The van der Waals surface area contributed by atoms with Gasteiger partial charge in [-0.2, -0.15) is 5.10 Å². The minimum absolute atomic E-state index is 0.208. The van der Waals surface area contributed by atoms with Crippen LogP contribution in [0.1, 0.15) is 37.4 Å². The van der Waals surface area contributed by atoms with Crippen molar-refractivity contribution in [2.24, 2.45) is 4.99 Å². The first-order valence-electron chi connectivity index (χ1n) is 7.84. The third kappa shape index (κ3) is 2.55. The topological polar surface area (TPSA) is 67.6 Å². The van der Waals surface area contributed by atoms with Crippen molar-refractivity contribution in [3.05, 3.63) is 42.2 Å². The van der Waals surface area contributed by atoms with Gasteiger partial charge in [-0.3, -0.25) is 8.99 Å². The zero-order valence-electron chi connectivity index (χ0n) is 12.7. The van der Waals surface area contributed by atoms with Gasteiger partial charge in [0.1, 0.15) is 11.2 Å². The van der Waals surface area contributed by atoms with Gasteiger partial charge in [0.25, 0.3) is 10.0 Å². The normalized spacial score (nSPS) is 19.9. The molecule has 2 aliphatic rings. The first kappa shape index (κ1) is 14.4. The number of nitrogens with zero attached hydrogens (tertiary/aromatic N) is 4. The summed E-state index contributed by atoms with van der Waals surface area (Å²) in [6.07, 6.45) is 8.11. The maximum atomic E-state index is 12.7. The third-order valence-electron chi connectivity index (χ3n) is 4.46. The van der Waals surface area contributed by atoms with Gasteiger partial charge in [-0.25, -0.2) is 13.4 Å². The van der Waals surface area contributed by atoms with Crippen LogP contribution in [0.3, 0.4) is 0 Å². The van der Waals surface area contributed by atoms with Crippen molar-refractivity contribution in [3.63, 3.8) is 0 Å². The second-order valence-corrected chi connectivity index (χ2v) is 7.85.